The fourth-order valence-corrected chi connectivity index (χ4v) is 1.62. The molecule has 0 radical (unpaired) electrons. The monoisotopic (exact) mass is 270 g/mol. The van der Waals surface area contributed by atoms with Gasteiger partial charge in [0.1, 0.15) is 13.2 Å². The van der Waals surface area contributed by atoms with Gasteiger partial charge < -0.3 is 20.5 Å². The lowest BCUT2D eigenvalue weighted by atomic mass is 9.94. The van der Waals surface area contributed by atoms with Gasteiger partial charge in [0.15, 0.2) is 0 Å². The number of ether oxygens (including phenoxy) is 2. The maximum atomic E-state index is 11.9. The number of halogens is 3. The van der Waals surface area contributed by atoms with E-state index in [2.05, 4.69) is 0 Å². The van der Waals surface area contributed by atoms with Gasteiger partial charge in [-0.2, -0.15) is 13.2 Å². The summed E-state index contributed by atoms with van der Waals surface area (Å²) in [5.41, 5.74) is 4.92. The Hall–Kier alpha value is -0.860. The molecule has 3 N–H and O–H groups in total. The van der Waals surface area contributed by atoms with Crippen LogP contribution in [0.1, 0.15) is 12.8 Å². The fraction of sp³-hybridized carbons (Fsp3) is 0.900. The van der Waals surface area contributed by atoms with E-state index < -0.39 is 30.8 Å². The van der Waals surface area contributed by atoms with Gasteiger partial charge in [-0.1, -0.05) is 0 Å². The molecule has 1 amide bonds. The summed E-state index contributed by atoms with van der Waals surface area (Å²) in [6.07, 6.45) is -3.34. The van der Waals surface area contributed by atoms with Crippen LogP contribution in [0.2, 0.25) is 0 Å². The SMILES string of the molecule is NCC1(OCC(=O)NCC(F)(F)F)CCOCC1. The largest absolute Gasteiger partial charge is 0.405 e. The van der Waals surface area contributed by atoms with Crippen molar-refractivity contribution < 1.29 is 27.4 Å². The molecule has 1 rings (SSSR count). The van der Waals surface area contributed by atoms with E-state index in [9.17, 15) is 18.0 Å². The first kappa shape index (κ1) is 15.2. The van der Waals surface area contributed by atoms with Crippen LogP contribution >= 0.6 is 0 Å². The van der Waals surface area contributed by atoms with Crippen LogP contribution in [0.3, 0.4) is 0 Å². The third kappa shape index (κ3) is 5.19. The molecule has 18 heavy (non-hydrogen) atoms. The van der Waals surface area contributed by atoms with Gasteiger partial charge in [0.2, 0.25) is 5.91 Å². The molecule has 106 valence electrons. The topological polar surface area (TPSA) is 73.6 Å². The predicted octanol–water partition coefficient (Wildman–Crippen LogP) is 0.189. The Bertz CT molecular complexity index is 278. The third-order valence-corrected chi connectivity index (χ3v) is 2.77. The smallest absolute Gasteiger partial charge is 0.381 e. The highest BCUT2D eigenvalue weighted by Gasteiger charge is 2.33. The Morgan fingerprint density at radius 1 is 1.39 bits per heavy atom. The highest BCUT2D eigenvalue weighted by molar-refractivity contribution is 5.77. The molecular formula is C10H17F3N2O3. The molecule has 1 aliphatic heterocycles. The highest BCUT2D eigenvalue weighted by atomic mass is 19.4. The zero-order valence-corrected chi connectivity index (χ0v) is 9.89. The number of hydrogen-bond acceptors (Lipinski definition) is 4. The molecule has 0 aromatic carbocycles. The van der Waals surface area contributed by atoms with E-state index in [1.165, 1.54) is 0 Å². The van der Waals surface area contributed by atoms with Crippen LogP contribution in [0, 0.1) is 0 Å². The Balaban J connectivity index is 2.32. The van der Waals surface area contributed by atoms with Crippen LogP contribution < -0.4 is 11.1 Å². The Morgan fingerprint density at radius 3 is 2.50 bits per heavy atom. The molecule has 5 nitrogen and oxygen atoms in total. The molecule has 8 heteroatoms. The second kappa shape index (κ2) is 6.35. The summed E-state index contributed by atoms with van der Waals surface area (Å²) in [6, 6.07) is 0. The van der Waals surface area contributed by atoms with E-state index in [1.54, 1.807) is 5.32 Å². The zero-order valence-electron chi connectivity index (χ0n) is 9.89. The molecule has 0 unspecified atom stereocenters. The number of carbonyl (C=O) groups excluding carboxylic acids is 1. The molecule has 0 bridgehead atoms. The Kier molecular flexibility index (Phi) is 5.36. The van der Waals surface area contributed by atoms with Crippen LogP contribution in [0.5, 0.6) is 0 Å². The third-order valence-electron chi connectivity index (χ3n) is 2.77. The van der Waals surface area contributed by atoms with Gasteiger partial charge in [-0.05, 0) is 0 Å². The predicted molar refractivity (Wildman–Crippen MR) is 56.9 cm³/mol. The maximum absolute atomic E-state index is 11.9. The number of hydrogen-bond donors (Lipinski definition) is 2. The van der Waals surface area contributed by atoms with Crippen molar-refractivity contribution in [3.05, 3.63) is 0 Å². The number of nitrogens with two attached hydrogens (primary N) is 1. The second-order valence-electron chi connectivity index (χ2n) is 4.18. The number of amides is 1. The highest BCUT2D eigenvalue weighted by Crippen LogP contribution is 2.23. The fourth-order valence-electron chi connectivity index (χ4n) is 1.62. The van der Waals surface area contributed by atoms with Gasteiger partial charge in [-0.25, -0.2) is 0 Å². The van der Waals surface area contributed by atoms with Crippen molar-refractivity contribution in [2.45, 2.75) is 24.6 Å². The lowest BCUT2D eigenvalue weighted by molar-refractivity contribution is -0.150. The van der Waals surface area contributed by atoms with Crippen molar-refractivity contribution in [1.29, 1.82) is 0 Å². The summed E-state index contributed by atoms with van der Waals surface area (Å²) in [4.78, 5) is 11.2. The standard InChI is InChI=1S/C10H17F3N2O3/c11-10(12,13)7-15-8(16)5-18-9(6-14)1-3-17-4-2-9/h1-7,14H2,(H,15,16). The summed E-state index contributed by atoms with van der Waals surface area (Å²) in [5, 5.41) is 1.74. The average molecular weight is 270 g/mol. The Labute approximate surface area is 103 Å². The van der Waals surface area contributed by atoms with Crippen molar-refractivity contribution in [3.8, 4) is 0 Å². The summed E-state index contributed by atoms with van der Waals surface area (Å²) >= 11 is 0. The molecule has 1 aliphatic rings. The van der Waals surface area contributed by atoms with Crippen molar-refractivity contribution in [2.75, 3.05) is 32.9 Å². The van der Waals surface area contributed by atoms with Crippen molar-refractivity contribution >= 4 is 5.91 Å². The molecule has 0 aromatic heterocycles. The van der Waals surface area contributed by atoms with E-state index in [0.29, 0.717) is 26.1 Å². The van der Waals surface area contributed by atoms with Gasteiger partial charge in [0.05, 0.1) is 5.60 Å². The quantitative estimate of drug-likeness (QED) is 0.748. The summed E-state index contributed by atoms with van der Waals surface area (Å²) < 4.78 is 46.1. The molecule has 0 spiro atoms. The van der Waals surface area contributed by atoms with Gasteiger partial charge in [0, 0.05) is 32.6 Å². The van der Waals surface area contributed by atoms with Crippen LogP contribution in [-0.2, 0) is 14.3 Å². The Morgan fingerprint density at radius 2 is 2.00 bits per heavy atom. The molecule has 0 aliphatic carbocycles. The lowest BCUT2D eigenvalue weighted by Gasteiger charge is -2.35. The van der Waals surface area contributed by atoms with E-state index in [-0.39, 0.29) is 6.54 Å². The molecule has 0 saturated carbocycles. The van der Waals surface area contributed by atoms with Crippen molar-refractivity contribution in [2.24, 2.45) is 5.73 Å². The van der Waals surface area contributed by atoms with Gasteiger partial charge in [-0.3, -0.25) is 4.79 Å². The molecular weight excluding hydrogens is 253 g/mol. The summed E-state index contributed by atoms with van der Waals surface area (Å²) in [6.45, 7) is -0.618. The van der Waals surface area contributed by atoms with E-state index in [4.69, 9.17) is 15.2 Å². The number of rotatable bonds is 5. The van der Waals surface area contributed by atoms with Crippen molar-refractivity contribution in [1.82, 2.24) is 5.32 Å². The van der Waals surface area contributed by atoms with E-state index >= 15 is 0 Å². The van der Waals surface area contributed by atoms with Crippen LogP contribution in [0.15, 0.2) is 0 Å². The lowest BCUT2D eigenvalue weighted by Crippen LogP contribution is -2.48. The first-order valence-electron chi connectivity index (χ1n) is 5.62. The van der Waals surface area contributed by atoms with Crippen LogP contribution in [-0.4, -0.2) is 50.6 Å². The van der Waals surface area contributed by atoms with Crippen LogP contribution in [0.25, 0.3) is 0 Å². The zero-order chi connectivity index (χ0) is 13.6. The average Bonchev–Trinajstić information content (AvgIpc) is 2.34. The molecule has 0 atom stereocenters. The van der Waals surface area contributed by atoms with Gasteiger partial charge in [-0.15, -0.1) is 0 Å². The molecule has 1 fully saturated rings. The van der Waals surface area contributed by atoms with E-state index in [0.717, 1.165) is 0 Å². The van der Waals surface area contributed by atoms with Gasteiger partial charge in [0.25, 0.3) is 0 Å². The maximum Gasteiger partial charge on any atom is 0.405 e. The minimum atomic E-state index is -4.42. The van der Waals surface area contributed by atoms with Crippen molar-refractivity contribution in [3.63, 3.8) is 0 Å². The number of nitrogens with one attached hydrogen (secondary N) is 1. The van der Waals surface area contributed by atoms with E-state index in [1.807, 2.05) is 0 Å². The second-order valence-corrected chi connectivity index (χ2v) is 4.18. The first-order chi connectivity index (χ1) is 8.37. The van der Waals surface area contributed by atoms with Gasteiger partial charge >= 0.3 is 6.18 Å². The molecule has 0 aromatic rings. The number of alkyl halides is 3. The first-order valence-corrected chi connectivity index (χ1v) is 5.62. The summed E-state index contributed by atoms with van der Waals surface area (Å²) in [7, 11) is 0. The van der Waals surface area contributed by atoms with Crippen LogP contribution in [0.4, 0.5) is 13.2 Å². The molecule has 1 heterocycles. The summed E-state index contributed by atoms with van der Waals surface area (Å²) in [5.74, 6) is -0.799. The normalized spacial score (nSPS) is 19.6. The minimum Gasteiger partial charge on any atom is -0.381 e. The molecule has 1 saturated heterocycles. The number of carbonyl (C=O) groups is 1. The minimum absolute atomic E-state index is 0.211.